The Morgan fingerprint density at radius 1 is 1.39 bits per heavy atom. The van der Waals surface area contributed by atoms with Crippen LogP contribution in [0.2, 0.25) is 0 Å². The molecule has 1 aromatic carbocycles. The van der Waals surface area contributed by atoms with Crippen LogP contribution in [0.15, 0.2) is 30.4 Å². The van der Waals surface area contributed by atoms with E-state index in [1.54, 1.807) is 0 Å². The van der Waals surface area contributed by atoms with Gasteiger partial charge < -0.3 is 9.55 Å². The summed E-state index contributed by atoms with van der Waals surface area (Å²) in [5.41, 5.74) is 3.66. The molecule has 1 aliphatic carbocycles. The van der Waals surface area contributed by atoms with Gasteiger partial charge in [0.1, 0.15) is 0 Å². The van der Waals surface area contributed by atoms with Crippen molar-refractivity contribution < 1.29 is 0 Å². The number of H-pyrrole nitrogens is 1. The standard InChI is InChI=1S/C15H18N2S/c1-11-7-8-14-13(9-11)16-15(18)17(14)10-12-5-3-2-4-6-12/h2-3,7-9,12H,4-6,10H2,1H3,(H,16,18). The number of hydrogen-bond donors (Lipinski definition) is 1. The zero-order chi connectivity index (χ0) is 12.5. The van der Waals surface area contributed by atoms with Crippen molar-refractivity contribution in [2.24, 2.45) is 5.92 Å². The van der Waals surface area contributed by atoms with Crippen molar-refractivity contribution in [3.05, 3.63) is 40.7 Å². The third kappa shape index (κ3) is 2.15. The Hall–Kier alpha value is -1.35. The fraction of sp³-hybridized carbons (Fsp3) is 0.400. The molecular formula is C15H18N2S. The monoisotopic (exact) mass is 258 g/mol. The number of benzene rings is 1. The molecule has 0 bridgehead atoms. The van der Waals surface area contributed by atoms with E-state index in [1.807, 2.05) is 0 Å². The maximum absolute atomic E-state index is 5.45. The Bertz CT molecular complexity index is 648. The summed E-state index contributed by atoms with van der Waals surface area (Å²) in [6.45, 7) is 3.14. The normalized spacial score (nSPS) is 19.5. The first-order valence-corrected chi connectivity index (χ1v) is 6.99. The first-order valence-electron chi connectivity index (χ1n) is 6.58. The van der Waals surface area contributed by atoms with Gasteiger partial charge in [-0.1, -0.05) is 18.2 Å². The molecule has 3 rings (SSSR count). The number of imidazole rings is 1. The second-order valence-electron chi connectivity index (χ2n) is 5.21. The molecule has 1 unspecified atom stereocenters. The van der Waals surface area contributed by atoms with Gasteiger partial charge in [0, 0.05) is 6.54 Å². The molecule has 0 fully saturated rings. The number of rotatable bonds is 2. The minimum Gasteiger partial charge on any atom is -0.331 e. The highest BCUT2D eigenvalue weighted by Gasteiger charge is 2.13. The van der Waals surface area contributed by atoms with Crippen LogP contribution < -0.4 is 0 Å². The Kier molecular flexibility index (Phi) is 3.08. The van der Waals surface area contributed by atoms with Crippen LogP contribution in [0, 0.1) is 17.6 Å². The largest absolute Gasteiger partial charge is 0.331 e. The Balaban J connectivity index is 1.98. The minimum absolute atomic E-state index is 0.724. The SMILES string of the molecule is Cc1ccc2c(c1)[nH]c(=S)n2CC1CC=CCC1. The number of aromatic amines is 1. The molecule has 2 nitrogen and oxygen atoms in total. The number of aryl methyl sites for hydroxylation is 1. The van der Waals surface area contributed by atoms with E-state index in [0.717, 1.165) is 22.8 Å². The lowest BCUT2D eigenvalue weighted by molar-refractivity contribution is 0.413. The first kappa shape index (κ1) is 11.7. The topological polar surface area (TPSA) is 20.7 Å². The van der Waals surface area contributed by atoms with Gasteiger partial charge in [-0.3, -0.25) is 0 Å². The van der Waals surface area contributed by atoms with Crippen LogP contribution >= 0.6 is 12.2 Å². The fourth-order valence-corrected chi connectivity index (χ4v) is 3.02. The molecule has 0 amide bonds. The molecule has 94 valence electrons. The predicted octanol–water partition coefficient (Wildman–Crippen LogP) is 4.36. The van der Waals surface area contributed by atoms with Crippen molar-refractivity contribution in [3.8, 4) is 0 Å². The summed E-state index contributed by atoms with van der Waals surface area (Å²) in [5, 5.41) is 0. The van der Waals surface area contributed by atoms with Crippen molar-refractivity contribution >= 4 is 23.3 Å². The van der Waals surface area contributed by atoms with Gasteiger partial charge in [-0.05, 0) is 62.0 Å². The van der Waals surface area contributed by atoms with Crippen LogP contribution in [0.5, 0.6) is 0 Å². The molecule has 0 aliphatic heterocycles. The average molecular weight is 258 g/mol. The summed E-state index contributed by atoms with van der Waals surface area (Å²) in [4.78, 5) is 3.32. The van der Waals surface area contributed by atoms with Crippen molar-refractivity contribution in [1.29, 1.82) is 0 Å². The van der Waals surface area contributed by atoms with E-state index in [0.29, 0.717) is 0 Å². The van der Waals surface area contributed by atoms with Crippen LogP contribution in [0.25, 0.3) is 11.0 Å². The molecule has 0 saturated heterocycles. The summed E-state index contributed by atoms with van der Waals surface area (Å²) in [7, 11) is 0. The third-order valence-electron chi connectivity index (χ3n) is 3.75. The first-order chi connectivity index (χ1) is 8.74. The van der Waals surface area contributed by atoms with Crippen LogP contribution in [-0.2, 0) is 6.54 Å². The lowest BCUT2D eigenvalue weighted by Crippen LogP contribution is -2.12. The van der Waals surface area contributed by atoms with Crippen molar-refractivity contribution in [3.63, 3.8) is 0 Å². The van der Waals surface area contributed by atoms with Crippen molar-refractivity contribution in [1.82, 2.24) is 9.55 Å². The minimum atomic E-state index is 0.724. The van der Waals surface area contributed by atoms with Gasteiger partial charge in [0.25, 0.3) is 0 Å². The molecule has 1 aliphatic rings. The Labute approximate surface area is 112 Å². The molecule has 3 heteroatoms. The highest BCUT2D eigenvalue weighted by molar-refractivity contribution is 7.71. The zero-order valence-corrected chi connectivity index (χ0v) is 11.5. The summed E-state index contributed by atoms with van der Waals surface area (Å²) < 4.78 is 3.11. The molecule has 1 heterocycles. The summed E-state index contributed by atoms with van der Waals surface area (Å²) in [5.74, 6) is 0.724. The Morgan fingerprint density at radius 3 is 3.06 bits per heavy atom. The number of allylic oxidation sites excluding steroid dienone is 2. The molecule has 1 N–H and O–H groups in total. The number of fused-ring (bicyclic) bond motifs is 1. The van der Waals surface area contributed by atoms with Crippen molar-refractivity contribution in [2.45, 2.75) is 32.7 Å². The summed E-state index contributed by atoms with van der Waals surface area (Å²) >= 11 is 5.45. The smallest absolute Gasteiger partial charge is 0.178 e. The molecule has 0 saturated carbocycles. The quantitative estimate of drug-likeness (QED) is 0.627. The number of aromatic nitrogens is 2. The summed E-state index contributed by atoms with van der Waals surface area (Å²) in [6, 6.07) is 6.50. The van der Waals surface area contributed by atoms with Gasteiger partial charge in [0.05, 0.1) is 11.0 Å². The molecule has 18 heavy (non-hydrogen) atoms. The van der Waals surface area contributed by atoms with Gasteiger partial charge in [0.2, 0.25) is 0 Å². The number of nitrogens with zero attached hydrogens (tertiary/aromatic N) is 1. The van der Waals surface area contributed by atoms with Gasteiger partial charge in [-0.15, -0.1) is 0 Å². The van der Waals surface area contributed by atoms with Crippen LogP contribution in [0.1, 0.15) is 24.8 Å². The third-order valence-corrected chi connectivity index (χ3v) is 4.07. The van der Waals surface area contributed by atoms with Gasteiger partial charge in [-0.25, -0.2) is 0 Å². The predicted molar refractivity (Wildman–Crippen MR) is 78.3 cm³/mol. The Morgan fingerprint density at radius 2 is 2.28 bits per heavy atom. The molecule has 0 radical (unpaired) electrons. The lowest BCUT2D eigenvalue weighted by Gasteiger charge is -2.18. The van der Waals surface area contributed by atoms with E-state index in [-0.39, 0.29) is 0 Å². The van der Waals surface area contributed by atoms with E-state index in [9.17, 15) is 0 Å². The van der Waals surface area contributed by atoms with Crippen LogP contribution in [0.4, 0.5) is 0 Å². The maximum atomic E-state index is 5.45. The molecule has 0 spiro atoms. The second kappa shape index (κ2) is 4.73. The molecule has 1 aromatic heterocycles. The number of hydrogen-bond acceptors (Lipinski definition) is 1. The van der Waals surface area contributed by atoms with E-state index in [1.165, 1.54) is 30.3 Å². The van der Waals surface area contributed by atoms with E-state index in [4.69, 9.17) is 12.2 Å². The van der Waals surface area contributed by atoms with Crippen LogP contribution in [0.3, 0.4) is 0 Å². The summed E-state index contributed by atoms with van der Waals surface area (Å²) in [6.07, 6.45) is 8.25. The van der Waals surface area contributed by atoms with Crippen LogP contribution in [-0.4, -0.2) is 9.55 Å². The van der Waals surface area contributed by atoms with Gasteiger partial charge >= 0.3 is 0 Å². The number of nitrogens with one attached hydrogen (secondary N) is 1. The van der Waals surface area contributed by atoms with Gasteiger partial charge in [-0.2, -0.15) is 0 Å². The lowest BCUT2D eigenvalue weighted by atomic mass is 9.94. The van der Waals surface area contributed by atoms with Gasteiger partial charge in [0.15, 0.2) is 4.77 Å². The fourth-order valence-electron chi connectivity index (χ4n) is 2.74. The molecule has 1 atom stereocenters. The van der Waals surface area contributed by atoms with Crippen molar-refractivity contribution in [2.75, 3.05) is 0 Å². The zero-order valence-electron chi connectivity index (χ0n) is 10.6. The highest BCUT2D eigenvalue weighted by atomic mass is 32.1. The maximum Gasteiger partial charge on any atom is 0.178 e. The molecular weight excluding hydrogens is 240 g/mol. The average Bonchev–Trinajstić information content (AvgIpc) is 2.66. The second-order valence-corrected chi connectivity index (χ2v) is 5.60. The highest BCUT2D eigenvalue weighted by Crippen LogP contribution is 2.23. The van der Waals surface area contributed by atoms with E-state index < -0.39 is 0 Å². The van der Waals surface area contributed by atoms with E-state index in [2.05, 4.69) is 46.8 Å². The molecule has 2 aromatic rings. The van der Waals surface area contributed by atoms with E-state index >= 15 is 0 Å².